The summed E-state index contributed by atoms with van der Waals surface area (Å²) in [5.41, 5.74) is 2.26. The summed E-state index contributed by atoms with van der Waals surface area (Å²) in [4.78, 5) is 19.3. The van der Waals surface area contributed by atoms with E-state index in [0.717, 1.165) is 55.2 Å². The maximum absolute atomic E-state index is 12.7. The first-order chi connectivity index (χ1) is 11.7. The Kier molecular flexibility index (Phi) is 4.48. The van der Waals surface area contributed by atoms with Gasteiger partial charge in [-0.05, 0) is 44.9 Å². The highest BCUT2D eigenvalue weighted by Crippen LogP contribution is 2.49. The zero-order valence-corrected chi connectivity index (χ0v) is 15.2. The third kappa shape index (κ3) is 3.04. The lowest BCUT2D eigenvalue weighted by Crippen LogP contribution is -2.35. The Morgan fingerprint density at radius 1 is 1.50 bits per heavy atom. The standard InChI is InChI=1S/C19H26N2O2S/c1-14-20-17(11-24-14)10-23-13-19-8-4-7-16(19)9-21(12-19)18(22)15-5-2-3-6-15/h5,11,16H,2-4,6-10,12-13H2,1H3/t16-,19+/m1/s1. The lowest BCUT2D eigenvalue weighted by molar-refractivity contribution is -0.127. The predicted molar refractivity (Wildman–Crippen MR) is 94.8 cm³/mol. The summed E-state index contributed by atoms with van der Waals surface area (Å²) in [6, 6.07) is 0. The van der Waals surface area contributed by atoms with Gasteiger partial charge < -0.3 is 9.64 Å². The van der Waals surface area contributed by atoms with Crippen LogP contribution in [0.4, 0.5) is 0 Å². The average Bonchev–Trinajstić information content (AvgIpc) is 3.29. The number of ether oxygens (including phenoxy) is 1. The molecule has 1 saturated carbocycles. The van der Waals surface area contributed by atoms with Crippen LogP contribution in [-0.2, 0) is 16.1 Å². The van der Waals surface area contributed by atoms with Gasteiger partial charge in [-0.3, -0.25) is 4.79 Å². The van der Waals surface area contributed by atoms with Crippen molar-refractivity contribution in [3.8, 4) is 0 Å². The van der Waals surface area contributed by atoms with Gasteiger partial charge in [0.2, 0.25) is 5.91 Å². The van der Waals surface area contributed by atoms with Gasteiger partial charge in [0.1, 0.15) is 0 Å². The van der Waals surface area contributed by atoms with E-state index >= 15 is 0 Å². The van der Waals surface area contributed by atoms with Crippen molar-refractivity contribution >= 4 is 17.2 Å². The van der Waals surface area contributed by atoms with E-state index in [2.05, 4.69) is 21.3 Å². The van der Waals surface area contributed by atoms with E-state index in [0.29, 0.717) is 12.5 Å². The van der Waals surface area contributed by atoms with Crippen molar-refractivity contribution in [3.05, 3.63) is 27.7 Å². The number of likely N-dealkylation sites (tertiary alicyclic amines) is 1. The number of carbonyl (C=O) groups excluding carboxylic acids is 1. The third-order valence-electron chi connectivity index (χ3n) is 5.95. The van der Waals surface area contributed by atoms with E-state index < -0.39 is 0 Å². The van der Waals surface area contributed by atoms with Gasteiger partial charge in [-0.15, -0.1) is 11.3 Å². The highest BCUT2D eigenvalue weighted by Gasteiger charge is 2.51. The second-order valence-electron chi connectivity index (χ2n) is 7.61. The molecule has 0 radical (unpaired) electrons. The molecule has 0 bridgehead atoms. The Bertz CT molecular complexity index is 654. The zero-order chi connectivity index (χ0) is 16.6. The summed E-state index contributed by atoms with van der Waals surface area (Å²) in [7, 11) is 0. The molecule has 24 heavy (non-hydrogen) atoms. The molecular formula is C19H26N2O2S. The SMILES string of the molecule is Cc1nc(COC[C@@]23CCC[C@@H]2CN(C(=O)C2=CCCC2)C3)cs1. The van der Waals surface area contributed by atoms with Gasteiger partial charge in [0.05, 0.1) is 23.9 Å². The minimum Gasteiger partial charge on any atom is -0.374 e. The molecule has 4 nitrogen and oxygen atoms in total. The number of allylic oxidation sites excluding steroid dienone is 1. The van der Waals surface area contributed by atoms with E-state index in [1.165, 1.54) is 19.3 Å². The maximum Gasteiger partial charge on any atom is 0.249 e. The van der Waals surface area contributed by atoms with E-state index in [4.69, 9.17) is 4.74 Å². The molecule has 0 spiro atoms. The molecule has 0 aromatic carbocycles. The molecule has 130 valence electrons. The fraction of sp³-hybridized carbons (Fsp3) is 0.684. The summed E-state index contributed by atoms with van der Waals surface area (Å²) in [6.07, 6.45) is 9.02. The van der Waals surface area contributed by atoms with Crippen LogP contribution in [0.5, 0.6) is 0 Å². The third-order valence-corrected chi connectivity index (χ3v) is 6.77. The van der Waals surface area contributed by atoms with Crippen LogP contribution in [0.1, 0.15) is 49.2 Å². The van der Waals surface area contributed by atoms with Crippen LogP contribution < -0.4 is 0 Å². The predicted octanol–water partition coefficient (Wildman–Crippen LogP) is 3.71. The minimum atomic E-state index is 0.180. The van der Waals surface area contributed by atoms with Crippen molar-refractivity contribution in [2.24, 2.45) is 11.3 Å². The summed E-state index contributed by atoms with van der Waals surface area (Å²) in [5, 5.41) is 3.17. The molecule has 1 amide bonds. The average molecular weight is 346 g/mol. The number of aromatic nitrogens is 1. The second kappa shape index (κ2) is 6.60. The van der Waals surface area contributed by atoms with Crippen molar-refractivity contribution in [1.82, 2.24) is 9.88 Å². The lowest BCUT2D eigenvalue weighted by atomic mass is 9.81. The van der Waals surface area contributed by atoms with Gasteiger partial charge in [0.25, 0.3) is 0 Å². The normalized spacial score (nSPS) is 29.1. The van der Waals surface area contributed by atoms with Crippen molar-refractivity contribution in [1.29, 1.82) is 0 Å². The molecular weight excluding hydrogens is 320 g/mol. The molecule has 3 aliphatic rings. The van der Waals surface area contributed by atoms with Crippen LogP contribution in [0, 0.1) is 18.3 Å². The highest BCUT2D eigenvalue weighted by atomic mass is 32.1. The van der Waals surface area contributed by atoms with Gasteiger partial charge in [0.15, 0.2) is 0 Å². The number of hydrogen-bond acceptors (Lipinski definition) is 4. The van der Waals surface area contributed by atoms with Crippen molar-refractivity contribution in [2.45, 2.75) is 52.1 Å². The smallest absolute Gasteiger partial charge is 0.249 e. The lowest BCUT2D eigenvalue weighted by Gasteiger charge is -2.28. The molecule has 0 unspecified atom stereocenters. The molecule has 1 aromatic rings. The van der Waals surface area contributed by atoms with Gasteiger partial charge >= 0.3 is 0 Å². The number of hydrogen-bond donors (Lipinski definition) is 0. The van der Waals surface area contributed by atoms with Crippen LogP contribution in [0.15, 0.2) is 17.0 Å². The van der Waals surface area contributed by atoms with Crippen LogP contribution in [0.25, 0.3) is 0 Å². The molecule has 5 heteroatoms. The van der Waals surface area contributed by atoms with E-state index in [-0.39, 0.29) is 11.3 Å². The Morgan fingerprint density at radius 2 is 2.42 bits per heavy atom. The second-order valence-corrected chi connectivity index (χ2v) is 8.67. The summed E-state index contributed by atoms with van der Waals surface area (Å²) in [5.74, 6) is 0.900. The number of thiazole rings is 1. The van der Waals surface area contributed by atoms with Crippen LogP contribution in [0.3, 0.4) is 0 Å². The summed E-state index contributed by atoms with van der Waals surface area (Å²) >= 11 is 1.67. The first-order valence-corrected chi connectivity index (χ1v) is 10.0. The minimum absolute atomic E-state index is 0.180. The van der Waals surface area contributed by atoms with Gasteiger partial charge in [-0.2, -0.15) is 0 Å². The molecule has 2 aliphatic carbocycles. The van der Waals surface area contributed by atoms with Crippen LogP contribution in [-0.4, -0.2) is 35.5 Å². The molecule has 1 saturated heterocycles. The van der Waals surface area contributed by atoms with Crippen molar-refractivity contribution in [3.63, 3.8) is 0 Å². The Hall–Kier alpha value is -1.20. The Labute approximate surface area is 147 Å². The largest absolute Gasteiger partial charge is 0.374 e. The van der Waals surface area contributed by atoms with Gasteiger partial charge in [-0.1, -0.05) is 12.5 Å². The van der Waals surface area contributed by atoms with E-state index in [1.54, 1.807) is 11.3 Å². The van der Waals surface area contributed by atoms with E-state index in [1.807, 2.05) is 6.92 Å². The molecule has 2 heterocycles. The first kappa shape index (κ1) is 16.3. The zero-order valence-electron chi connectivity index (χ0n) is 14.4. The Morgan fingerprint density at radius 3 is 3.17 bits per heavy atom. The van der Waals surface area contributed by atoms with Crippen LogP contribution in [0.2, 0.25) is 0 Å². The molecule has 4 rings (SSSR count). The maximum atomic E-state index is 12.7. The van der Waals surface area contributed by atoms with Crippen molar-refractivity contribution < 1.29 is 9.53 Å². The number of fused-ring (bicyclic) bond motifs is 1. The molecule has 0 N–H and O–H groups in total. The monoisotopic (exact) mass is 346 g/mol. The fourth-order valence-corrected chi connectivity index (χ4v) is 5.30. The first-order valence-electron chi connectivity index (χ1n) is 9.13. The van der Waals surface area contributed by atoms with Crippen molar-refractivity contribution in [2.75, 3.05) is 19.7 Å². The molecule has 1 aliphatic heterocycles. The topological polar surface area (TPSA) is 42.4 Å². The number of nitrogens with zero attached hydrogens (tertiary/aromatic N) is 2. The quantitative estimate of drug-likeness (QED) is 0.816. The summed E-state index contributed by atoms with van der Waals surface area (Å²) in [6.45, 7) is 5.19. The number of amides is 1. The number of rotatable bonds is 5. The molecule has 2 atom stereocenters. The fourth-order valence-electron chi connectivity index (χ4n) is 4.71. The molecule has 1 aromatic heterocycles. The van der Waals surface area contributed by atoms with E-state index in [9.17, 15) is 4.79 Å². The van der Waals surface area contributed by atoms with Gasteiger partial charge in [-0.25, -0.2) is 4.98 Å². The Balaban J connectivity index is 1.38. The molecule has 2 fully saturated rings. The van der Waals surface area contributed by atoms with Gasteiger partial charge in [0, 0.05) is 29.5 Å². The highest BCUT2D eigenvalue weighted by molar-refractivity contribution is 7.09. The summed E-state index contributed by atoms with van der Waals surface area (Å²) < 4.78 is 6.07. The number of carbonyl (C=O) groups is 1. The number of aryl methyl sites for hydroxylation is 1. The van der Waals surface area contributed by atoms with Crippen LogP contribution >= 0.6 is 11.3 Å².